The monoisotopic (exact) mass is 325 g/mol. The van der Waals surface area contributed by atoms with Crippen LogP contribution in [0.5, 0.6) is 0 Å². The Morgan fingerprint density at radius 1 is 1.23 bits per heavy atom. The lowest BCUT2D eigenvalue weighted by Crippen LogP contribution is -2.39. The summed E-state index contributed by atoms with van der Waals surface area (Å²) < 4.78 is 23.6. The second kappa shape index (κ2) is 6.48. The third-order valence-corrected chi connectivity index (χ3v) is 5.04. The van der Waals surface area contributed by atoms with Crippen molar-refractivity contribution >= 4 is 21.7 Å². The molecule has 1 fully saturated rings. The maximum absolute atomic E-state index is 12.5. The van der Waals surface area contributed by atoms with Gasteiger partial charge in [-0.25, -0.2) is 8.42 Å². The molecule has 0 aromatic heterocycles. The van der Waals surface area contributed by atoms with Crippen molar-refractivity contribution in [3.05, 3.63) is 29.8 Å². The smallest absolute Gasteiger partial charge is 0.303 e. The van der Waals surface area contributed by atoms with E-state index in [0.717, 1.165) is 6.26 Å². The van der Waals surface area contributed by atoms with Crippen molar-refractivity contribution in [2.24, 2.45) is 5.92 Å². The molecule has 6 nitrogen and oxygen atoms in total. The second-order valence-corrected chi connectivity index (χ2v) is 7.59. The Kier molecular flexibility index (Phi) is 4.85. The summed E-state index contributed by atoms with van der Waals surface area (Å²) in [5.74, 6) is -1.06. The third kappa shape index (κ3) is 3.85. The van der Waals surface area contributed by atoms with E-state index in [1.54, 1.807) is 17.0 Å². The van der Waals surface area contributed by atoms with E-state index in [-0.39, 0.29) is 28.7 Å². The fourth-order valence-electron chi connectivity index (χ4n) is 2.72. The molecule has 120 valence electrons. The molecule has 2 rings (SSSR count). The predicted octanol–water partition coefficient (Wildman–Crippen LogP) is 1.42. The van der Waals surface area contributed by atoms with Crippen LogP contribution in [0, 0.1) is 5.92 Å². The number of carboxylic acids is 1. The molecular formula is C15H19NO5S. The van der Waals surface area contributed by atoms with Crippen LogP contribution in [0.2, 0.25) is 0 Å². The van der Waals surface area contributed by atoms with Gasteiger partial charge in [0.05, 0.1) is 10.5 Å². The van der Waals surface area contributed by atoms with E-state index >= 15 is 0 Å². The van der Waals surface area contributed by atoms with Gasteiger partial charge in [0.1, 0.15) is 0 Å². The van der Waals surface area contributed by atoms with Crippen LogP contribution in [-0.4, -0.2) is 49.6 Å². The predicted molar refractivity (Wildman–Crippen MR) is 80.4 cm³/mol. The van der Waals surface area contributed by atoms with E-state index < -0.39 is 15.8 Å². The van der Waals surface area contributed by atoms with Gasteiger partial charge in [0.2, 0.25) is 0 Å². The molecule has 0 atom stereocenters. The van der Waals surface area contributed by atoms with Crippen LogP contribution in [0.1, 0.15) is 29.6 Å². The quantitative estimate of drug-likeness (QED) is 0.904. The lowest BCUT2D eigenvalue weighted by molar-refractivity contribution is -0.138. The zero-order valence-electron chi connectivity index (χ0n) is 12.4. The first-order valence-corrected chi connectivity index (χ1v) is 8.98. The lowest BCUT2D eigenvalue weighted by Gasteiger charge is -2.31. The fourth-order valence-corrected chi connectivity index (χ4v) is 3.60. The summed E-state index contributed by atoms with van der Waals surface area (Å²) in [6, 6.07) is 6.17. The molecule has 0 bridgehead atoms. The largest absolute Gasteiger partial charge is 0.481 e. The van der Waals surface area contributed by atoms with E-state index in [9.17, 15) is 18.0 Å². The van der Waals surface area contributed by atoms with Crippen LogP contribution < -0.4 is 0 Å². The second-order valence-electron chi connectivity index (χ2n) is 5.60. The highest BCUT2D eigenvalue weighted by molar-refractivity contribution is 7.90. The van der Waals surface area contributed by atoms with Gasteiger partial charge in [0, 0.05) is 25.8 Å². The van der Waals surface area contributed by atoms with Crippen molar-refractivity contribution in [3.63, 3.8) is 0 Å². The molecule has 0 radical (unpaired) electrons. The molecule has 1 aliphatic rings. The van der Waals surface area contributed by atoms with Crippen molar-refractivity contribution in [1.29, 1.82) is 0 Å². The number of rotatable bonds is 4. The molecule has 0 spiro atoms. The Labute approximate surface area is 129 Å². The minimum Gasteiger partial charge on any atom is -0.481 e. The van der Waals surface area contributed by atoms with Crippen molar-refractivity contribution < 1.29 is 23.1 Å². The van der Waals surface area contributed by atoms with Crippen LogP contribution in [0.3, 0.4) is 0 Å². The number of benzene rings is 1. The Bertz CT molecular complexity index is 675. The highest BCUT2D eigenvalue weighted by Crippen LogP contribution is 2.24. The third-order valence-electron chi connectivity index (χ3n) is 3.88. The summed E-state index contributed by atoms with van der Waals surface area (Å²) in [6.07, 6.45) is 2.44. The number of aliphatic carboxylic acids is 1. The molecule has 22 heavy (non-hydrogen) atoms. The van der Waals surface area contributed by atoms with E-state index in [4.69, 9.17) is 5.11 Å². The topological polar surface area (TPSA) is 91.8 Å². The summed E-state index contributed by atoms with van der Waals surface area (Å²) in [5.41, 5.74) is 0.182. The summed E-state index contributed by atoms with van der Waals surface area (Å²) in [5, 5.41) is 8.80. The number of hydrogen-bond acceptors (Lipinski definition) is 4. The number of sulfone groups is 1. The number of likely N-dealkylation sites (tertiary alicyclic amines) is 1. The van der Waals surface area contributed by atoms with Gasteiger partial charge in [-0.15, -0.1) is 0 Å². The van der Waals surface area contributed by atoms with E-state index in [2.05, 4.69) is 0 Å². The van der Waals surface area contributed by atoms with Gasteiger partial charge in [-0.05, 0) is 30.9 Å². The minimum atomic E-state index is -3.47. The molecule has 1 heterocycles. The minimum absolute atomic E-state index is 0.0349. The first-order valence-electron chi connectivity index (χ1n) is 7.09. The number of hydrogen-bond donors (Lipinski definition) is 1. The van der Waals surface area contributed by atoms with Gasteiger partial charge in [-0.3, -0.25) is 9.59 Å². The van der Waals surface area contributed by atoms with Gasteiger partial charge < -0.3 is 10.0 Å². The van der Waals surface area contributed by atoms with E-state index in [1.165, 1.54) is 12.1 Å². The molecule has 0 unspecified atom stereocenters. The van der Waals surface area contributed by atoms with E-state index in [1.807, 2.05) is 0 Å². The molecule has 0 aliphatic carbocycles. The maximum atomic E-state index is 12.5. The molecule has 1 N–H and O–H groups in total. The Morgan fingerprint density at radius 2 is 1.82 bits per heavy atom. The Hall–Kier alpha value is -1.89. The number of carboxylic acid groups (broad SMARTS) is 1. The number of carbonyl (C=O) groups is 2. The summed E-state index contributed by atoms with van der Waals surface area (Å²) in [6.45, 7) is 0.907. The van der Waals surface area contributed by atoms with E-state index in [0.29, 0.717) is 25.9 Å². The molecule has 1 aromatic carbocycles. The number of carbonyl (C=O) groups excluding carboxylic acids is 1. The molecule has 7 heteroatoms. The lowest BCUT2D eigenvalue weighted by atomic mass is 9.93. The van der Waals surface area contributed by atoms with Crippen LogP contribution in [0.4, 0.5) is 0 Å². The standard InChI is InChI=1S/C15H19NO5S/c1-22(20,21)13-5-3-2-4-12(13)15(19)16-8-6-11(7-9-16)10-14(17)18/h2-5,11H,6-10H2,1H3,(H,17,18). The van der Waals surface area contributed by atoms with Gasteiger partial charge in [0.15, 0.2) is 9.84 Å². The molecule has 1 amide bonds. The van der Waals surface area contributed by atoms with Crippen LogP contribution >= 0.6 is 0 Å². The first-order chi connectivity index (χ1) is 10.3. The molecule has 0 saturated carbocycles. The Balaban J connectivity index is 2.13. The zero-order valence-corrected chi connectivity index (χ0v) is 13.2. The summed E-state index contributed by atoms with van der Waals surface area (Å²) >= 11 is 0. The number of nitrogens with zero attached hydrogens (tertiary/aromatic N) is 1. The summed E-state index contributed by atoms with van der Waals surface area (Å²) in [7, 11) is -3.47. The average molecular weight is 325 g/mol. The van der Waals surface area contributed by atoms with Gasteiger partial charge >= 0.3 is 5.97 Å². The average Bonchev–Trinajstić information content (AvgIpc) is 2.46. The first kappa shape index (κ1) is 16.5. The van der Waals surface area contributed by atoms with Gasteiger partial charge in [-0.1, -0.05) is 12.1 Å². The summed E-state index contributed by atoms with van der Waals surface area (Å²) in [4.78, 5) is 24.9. The molecule has 1 saturated heterocycles. The molecular weight excluding hydrogens is 306 g/mol. The van der Waals surface area contributed by atoms with Gasteiger partial charge in [-0.2, -0.15) is 0 Å². The SMILES string of the molecule is CS(=O)(=O)c1ccccc1C(=O)N1CCC(CC(=O)O)CC1. The highest BCUT2D eigenvalue weighted by atomic mass is 32.2. The molecule has 1 aliphatic heterocycles. The fraction of sp³-hybridized carbons (Fsp3) is 0.467. The van der Waals surface area contributed by atoms with Crippen molar-refractivity contribution in [2.45, 2.75) is 24.2 Å². The van der Waals surface area contributed by atoms with Gasteiger partial charge in [0.25, 0.3) is 5.91 Å². The zero-order chi connectivity index (χ0) is 16.3. The number of piperidine rings is 1. The van der Waals surface area contributed by atoms with Crippen molar-refractivity contribution in [2.75, 3.05) is 19.3 Å². The van der Waals surface area contributed by atoms with Crippen LogP contribution in [0.25, 0.3) is 0 Å². The highest BCUT2D eigenvalue weighted by Gasteiger charge is 2.27. The normalized spacial score (nSPS) is 16.5. The molecule has 1 aromatic rings. The maximum Gasteiger partial charge on any atom is 0.303 e. The van der Waals surface area contributed by atoms with Crippen molar-refractivity contribution in [1.82, 2.24) is 4.90 Å². The number of amides is 1. The van der Waals surface area contributed by atoms with Crippen LogP contribution in [-0.2, 0) is 14.6 Å². The van der Waals surface area contributed by atoms with Crippen molar-refractivity contribution in [3.8, 4) is 0 Å². The van der Waals surface area contributed by atoms with Crippen LogP contribution in [0.15, 0.2) is 29.2 Å². The Morgan fingerprint density at radius 3 is 2.36 bits per heavy atom.